The van der Waals surface area contributed by atoms with Crippen molar-refractivity contribution in [2.75, 3.05) is 37.6 Å². The van der Waals surface area contributed by atoms with Gasteiger partial charge in [0.2, 0.25) is 5.95 Å². The molecule has 0 bridgehead atoms. The minimum atomic E-state index is -0.714. The van der Waals surface area contributed by atoms with Crippen LogP contribution in [0.2, 0.25) is 0 Å². The predicted molar refractivity (Wildman–Crippen MR) is 158 cm³/mol. The number of carboxylic acid groups (broad SMARTS) is 1. The van der Waals surface area contributed by atoms with Gasteiger partial charge in [0.05, 0.1) is 17.6 Å². The van der Waals surface area contributed by atoms with Crippen molar-refractivity contribution in [3.05, 3.63) is 95.3 Å². The van der Waals surface area contributed by atoms with Crippen LogP contribution in [0.5, 0.6) is 0 Å². The number of fused-ring (bicyclic) bond motifs is 1. The van der Waals surface area contributed by atoms with Crippen molar-refractivity contribution in [1.82, 2.24) is 14.5 Å². The zero-order valence-corrected chi connectivity index (χ0v) is 23.1. The molecule has 1 saturated heterocycles. The summed E-state index contributed by atoms with van der Waals surface area (Å²) in [5.74, 6) is 0.0748. The number of imidazole rings is 1. The second-order valence-corrected chi connectivity index (χ2v) is 10.8. The number of unbranched alkanes of at least 4 members (excludes halogenated alkanes) is 1. The van der Waals surface area contributed by atoms with Crippen LogP contribution in [0.15, 0.2) is 72.8 Å². The summed E-state index contributed by atoms with van der Waals surface area (Å²) in [6.45, 7) is 5.77. The van der Waals surface area contributed by atoms with Crippen LogP contribution < -0.4 is 4.90 Å². The standard InChI is InChI=1S/C33H39FN4O2/c34-29-17-15-28(16-18-29)25-38-31-9-3-2-8-30(31)35-33(38)37-22-5-20-36(21-6-23-37)24-19-27-13-11-26(12-14-27)7-1-4-10-32(39)40/h2-3,8-9,11-18H,1,4-7,10,19-25H2,(H,39,40). The average Bonchev–Trinajstić information content (AvgIpc) is 3.30. The lowest BCUT2D eigenvalue weighted by Crippen LogP contribution is -2.38. The second kappa shape index (κ2) is 13.6. The highest BCUT2D eigenvalue weighted by Crippen LogP contribution is 2.25. The lowest BCUT2D eigenvalue weighted by molar-refractivity contribution is -0.137. The molecule has 1 aliphatic heterocycles. The number of halogens is 1. The fourth-order valence-electron chi connectivity index (χ4n) is 5.62. The Balaban J connectivity index is 1.15. The van der Waals surface area contributed by atoms with E-state index in [-0.39, 0.29) is 12.2 Å². The third kappa shape index (κ3) is 7.48. The minimum absolute atomic E-state index is 0.213. The van der Waals surface area contributed by atoms with Crippen LogP contribution in [-0.2, 0) is 24.2 Å². The van der Waals surface area contributed by atoms with E-state index in [0.29, 0.717) is 6.54 Å². The zero-order chi connectivity index (χ0) is 27.7. The molecular formula is C33H39FN4O2. The van der Waals surface area contributed by atoms with Crippen LogP contribution in [0.1, 0.15) is 48.8 Å². The lowest BCUT2D eigenvalue weighted by atomic mass is 10.0. The lowest BCUT2D eigenvalue weighted by Gasteiger charge is -2.31. The molecule has 210 valence electrons. The number of rotatable bonds is 11. The van der Waals surface area contributed by atoms with Crippen LogP contribution in [0.25, 0.3) is 11.0 Å². The number of anilines is 1. The monoisotopic (exact) mass is 542 g/mol. The van der Waals surface area contributed by atoms with Gasteiger partial charge in [-0.1, -0.05) is 48.5 Å². The van der Waals surface area contributed by atoms with Gasteiger partial charge in [0.25, 0.3) is 0 Å². The Labute approximate surface area is 236 Å². The van der Waals surface area contributed by atoms with Gasteiger partial charge >= 0.3 is 5.97 Å². The predicted octanol–water partition coefficient (Wildman–Crippen LogP) is 6.17. The molecule has 4 aromatic rings. The van der Waals surface area contributed by atoms with Crippen molar-refractivity contribution in [3.63, 3.8) is 0 Å². The van der Waals surface area contributed by atoms with Gasteiger partial charge < -0.3 is 19.5 Å². The van der Waals surface area contributed by atoms with E-state index in [1.165, 1.54) is 23.3 Å². The summed E-state index contributed by atoms with van der Waals surface area (Å²) >= 11 is 0. The summed E-state index contributed by atoms with van der Waals surface area (Å²) in [7, 11) is 0. The van der Waals surface area contributed by atoms with Gasteiger partial charge in [0, 0.05) is 26.1 Å². The molecule has 1 N–H and O–H groups in total. The number of nitrogens with zero attached hydrogens (tertiary/aromatic N) is 4. The topological polar surface area (TPSA) is 61.6 Å². The van der Waals surface area contributed by atoms with Crippen LogP contribution >= 0.6 is 0 Å². The van der Waals surface area contributed by atoms with E-state index in [1.807, 2.05) is 18.2 Å². The van der Waals surface area contributed by atoms with Gasteiger partial charge in [-0.05, 0) is 92.6 Å². The van der Waals surface area contributed by atoms with Crippen LogP contribution in [0.3, 0.4) is 0 Å². The number of carboxylic acids is 1. The molecule has 5 rings (SSSR count). The third-order valence-corrected chi connectivity index (χ3v) is 7.82. The third-order valence-electron chi connectivity index (χ3n) is 7.82. The summed E-state index contributed by atoms with van der Waals surface area (Å²) in [4.78, 5) is 20.7. The summed E-state index contributed by atoms with van der Waals surface area (Å²) in [5.41, 5.74) is 5.81. The van der Waals surface area contributed by atoms with Crippen LogP contribution in [-0.4, -0.2) is 58.3 Å². The first-order valence-corrected chi connectivity index (χ1v) is 14.5. The van der Waals surface area contributed by atoms with Gasteiger partial charge in [0.1, 0.15) is 5.82 Å². The molecule has 7 heteroatoms. The molecule has 6 nitrogen and oxygen atoms in total. The smallest absolute Gasteiger partial charge is 0.303 e. The van der Waals surface area contributed by atoms with E-state index in [4.69, 9.17) is 10.1 Å². The van der Waals surface area contributed by atoms with E-state index in [2.05, 4.69) is 56.8 Å². The molecule has 1 aliphatic rings. The van der Waals surface area contributed by atoms with Crippen LogP contribution in [0, 0.1) is 5.82 Å². The van der Waals surface area contributed by atoms with Crippen molar-refractivity contribution in [1.29, 1.82) is 0 Å². The fraction of sp³-hybridized carbons (Fsp3) is 0.394. The Morgan fingerprint density at radius 1 is 0.800 bits per heavy atom. The molecule has 0 unspecified atom stereocenters. The van der Waals surface area contributed by atoms with Crippen molar-refractivity contribution < 1.29 is 14.3 Å². The molecule has 0 amide bonds. The SMILES string of the molecule is O=C(O)CCCCc1ccc(CCN2CCCN(c3nc4ccccc4n3Cc3ccc(F)cc3)CCC2)cc1. The maximum Gasteiger partial charge on any atom is 0.303 e. The normalized spacial score (nSPS) is 14.8. The summed E-state index contributed by atoms with van der Waals surface area (Å²) in [6.07, 6.45) is 6.03. The van der Waals surface area contributed by atoms with E-state index < -0.39 is 5.97 Å². The molecule has 40 heavy (non-hydrogen) atoms. The van der Waals surface area contributed by atoms with Gasteiger partial charge in [-0.25, -0.2) is 9.37 Å². The fourth-order valence-corrected chi connectivity index (χ4v) is 5.62. The first-order valence-electron chi connectivity index (χ1n) is 14.5. The number of benzene rings is 3. The first kappa shape index (κ1) is 27.8. The Kier molecular flexibility index (Phi) is 9.45. The molecule has 3 aromatic carbocycles. The highest BCUT2D eigenvalue weighted by Gasteiger charge is 2.20. The highest BCUT2D eigenvalue weighted by atomic mass is 19.1. The zero-order valence-electron chi connectivity index (χ0n) is 23.1. The van der Waals surface area contributed by atoms with Gasteiger partial charge in [0.15, 0.2) is 0 Å². The van der Waals surface area contributed by atoms with E-state index in [0.717, 1.165) is 93.8 Å². The summed E-state index contributed by atoms with van der Waals surface area (Å²) in [5, 5.41) is 8.79. The summed E-state index contributed by atoms with van der Waals surface area (Å²) in [6, 6.07) is 23.9. The molecule has 1 fully saturated rings. The van der Waals surface area contributed by atoms with Crippen molar-refractivity contribution in [3.8, 4) is 0 Å². The van der Waals surface area contributed by atoms with Crippen molar-refractivity contribution in [2.24, 2.45) is 0 Å². The Hall–Kier alpha value is -3.71. The first-order chi connectivity index (χ1) is 19.5. The largest absolute Gasteiger partial charge is 0.481 e. The second-order valence-electron chi connectivity index (χ2n) is 10.8. The average molecular weight is 543 g/mol. The van der Waals surface area contributed by atoms with E-state index in [9.17, 15) is 9.18 Å². The maximum absolute atomic E-state index is 13.5. The molecule has 0 atom stereocenters. The number of carbonyl (C=O) groups is 1. The molecule has 2 heterocycles. The van der Waals surface area contributed by atoms with Crippen molar-refractivity contribution >= 4 is 23.0 Å². The number of aromatic nitrogens is 2. The van der Waals surface area contributed by atoms with Crippen LogP contribution in [0.4, 0.5) is 10.3 Å². The quantitative estimate of drug-likeness (QED) is 0.230. The number of para-hydroxylation sites is 2. The minimum Gasteiger partial charge on any atom is -0.481 e. The highest BCUT2D eigenvalue weighted by molar-refractivity contribution is 5.79. The van der Waals surface area contributed by atoms with Gasteiger partial charge in [-0.2, -0.15) is 0 Å². The number of hydrogen-bond acceptors (Lipinski definition) is 4. The number of aliphatic carboxylic acids is 1. The van der Waals surface area contributed by atoms with Gasteiger partial charge in [-0.3, -0.25) is 4.79 Å². The van der Waals surface area contributed by atoms with Crippen molar-refractivity contribution in [2.45, 2.75) is 51.5 Å². The molecule has 0 aliphatic carbocycles. The number of aryl methyl sites for hydroxylation is 1. The maximum atomic E-state index is 13.5. The number of hydrogen-bond donors (Lipinski definition) is 1. The van der Waals surface area contributed by atoms with E-state index >= 15 is 0 Å². The van der Waals surface area contributed by atoms with Gasteiger partial charge in [-0.15, -0.1) is 0 Å². The Morgan fingerprint density at radius 3 is 2.15 bits per heavy atom. The molecule has 0 radical (unpaired) electrons. The molecule has 0 spiro atoms. The van der Waals surface area contributed by atoms with E-state index in [1.54, 1.807) is 0 Å². The Bertz CT molecular complexity index is 1370. The molecule has 1 aromatic heterocycles. The molecule has 0 saturated carbocycles. The Morgan fingerprint density at radius 2 is 1.45 bits per heavy atom. The summed E-state index contributed by atoms with van der Waals surface area (Å²) < 4.78 is 15.8. The molecular weight excluding hydrogens is 503 g/mol.